The Morgan fingerprint density at radius 3 is 2.87 bits per heavy atom. The van der Waals surface area contributed by atoms with Gasteiger partial charge in [-0.25, -0.2) is 4.98 Å². The number of H-pyrrole nitrogens is 1. The van der Waals surface area contributed by atoms with Crippen molar-refractivity contribution in [3.8, 4) is 0 Å². The van der Waals surface area contributed by atoms with Crippen molar-refractivity contribution in [1.82, 2.24) is 15.3 Å². The predicted molar refractivity (Wildman–Crippen MR) is 58.3 cm³/mol. The summed E-state index contributed by atoms with van der Waals surface area (Å²) >= 11 is 0. The smallest absolute Gasteiger partial charge is 0.120 e. The van der Waals surface area contributed by atoms with Gasteiger partial charge >= 0.3 is 0 Å². The van der Waals surface area contributed by atoms with E-state index in [9.17, 15) is 5.11 Å². The number of hydrogen-bond acceptors (Lipinski definition) is 3. The average Bonchev–Trinajstić information content (AvgIpc) is 2.74. The Labute approximate surface area is 90.1 Å². The molecule has 1 saturated carbocycles. The van der Waals surface area contributed by atoms with Gasteiger partial charge < -0.3 is 15.4 Å². The van der Waals surface area contributed by atoms with Crippen LogP contribution < -0.4 is 5.32 Å². The van der Waals surface area contributed by atoms with Crippen molar-refractivity contribution in [1.29, 1.82) is 0 Å². The summed E-state index contributed by atoms with van der Waals surface area (Å²) in [5, 5.41) is 12.8. The molecule has 84 valence electrons. The van der Waals surface area contributed by atoms with Crippen LogP contribution in [0.4, 0.5) is 0 Å². The highest BCUT2D eigenvalue weighted by Crippen LogP contribution is 2.23. The van der Waals surface area contributed by atoms with E-state index in [1.165, 1.54) is 0 Å². The summed E-state index contributed by atoms with van der Waals surface area (Å²) in [5.41, 5.74) is 0. The molecule has 1 fully saturated rings. The van der Waals surface area contributed by atoms with Gasteiger partial charge in [-0.2, -0.15) is 0 Å². The molecule has 1 aromatic heterocycles. The third-order valence-corrected chi connectivity index (χ3v) is 3.10. The minimum absolute atomic E-state index is 0.0497. The number of imidazole rings is 1. The van der Waals surface area contributed by atoms with E-state index in [1.54, 1.807) is 6.20 Å². The van der Waals surface area contributed by atoms with Crippen LogP contribution in [0.25, 0.3) is 0 Å². The normalized spacial score (nSPS) is 26.7. The largest absolute Gasteiger partial charge is 0.393 e. The highest BCUT2D eigenvalue weighted by atomic mass is 16.3. The van der Waals surface area contributed by atoms with E-state index in [0.29, 0.717) is 0 Å². The molecule has 4 nitrogen and oxygen atoms in total. The lowest BCUT2D eigenvalue weighted by atomic mass is 9.87. The van der Waals surface area contributed by atoms with Gasteiger partial charge in [0.25, 0.3) is 0 Å². The van der Waals surface area contributed by atoms with Crippen LogP contribution >= 0.6 is 0 Å². The van der Waals surface area contributed by atoms with Gasteiger partial charge in [0.05, 0.1) is 12.6 Å². The molecule has 0 aromatic carbocycles. The van der Waals surface area contributed by atoms with Crippen LogP contribution in [0.15, 0.2) is 12.4 Å². The fourth-order valence-electron chi connectivity index (χ4n) is 2.14. The summed E-state index contributed by atoms with van der Waals surface area (Å²) in [6.45, 7) is 1.85. The third-order valence-electron chi connectivity index (χ3n) is 3.10. The highest BCUT2D eigenvalue weighted by molar-refractivity contribution is 4.86. The van der Waals surface area contributed by atoms with Crippen LogP contribution in [-0.2, 0) is 6.54 Å². The van der Waals surface area contributed by atoms with E-state index in [1.807, 2.05) is 6.20 Å². The maximum Gasteiger partial charge on any atom is 0.120 e. The third kappa shape index (κ3) is 3.32. The monoisotopic (exact) mass is 209 g/mol. The summed E-state index contributed by atoms with van der Waals surface area (Å²) in [4.78, 5) is 7.22. The molecule has 0 radical (unpaired) electrons. The Balaban J connectivity index is 1.62. The molecule has 0 aliphatic heterocycles. The van der Waals surface area contributed by atoms with Gasteiger partial charge in [-0.3, -0.25) is 0 Å². The van der Waals surface area contributed by atoms with Gasteiger partial charge in [-0.1, -0.05) is 0 Å². The van der Waals surface area contributed by atoms with Crippen molar-refractivity contribution in [2.24, 2.45) is 5.92 Å². The van der Waals surface area contributed by atoms with Gasteiger partial charge in [0, 0.05) is 12.4 Å². The zero-order valence-electron chi connectivity index (χ0n) is 8.95. The summed E-state index contributed by atoms with van der Waals surface area (Å²) in [6, 6.07) is 0. The van der Waals surface area contributed by atoms with Crippen LogP contribution in [0.2, 0.25) is 0 Å². The maximum atomic E-state index is 9.37. The van der Waals surface area contributed by atoms with Crippen LogP contribution in [0.3, 0.4) is 0 Å². The zero-order valence-corrected chi connectivity index (χ0v) is 8.95. The van der Waals surface area contributed by atoms with E-state index in [-0.39, 0.29) is 6.10 Å². The van der Waals surface area contributed by atoms with Crippen molar-refractivity contribution >= 4 is 0 Å². The number of aromatic amines is 1. The van der Waals surface area contributed by atoms with E-state index in [4.69, 9.17) is 0 Å². The van der Waals surface area contributed by atoms with Crippen LogP contribution in [0, 0.1) is 5.92 Å². The molecule has 1 heterocycles. The summed E-state index contributed by atoms with van der Waals surface area (Å²) < 4.78 is 0. The van der Waals surface area contributed by atoms with Crippen molar-refractivity contribution in [2.45, 2.75) is 38.3 Å². The fraction of sp³-hybridized carbons (Fsp3) is 0.727. The van der Waals surface area contributed by atoms with Crippen molar-refractivity contribution in [2.75, 3.05) is 6.54 Å². The number of aliphatic hydroxyl groups excluding tert-OH is 1. The number of aliphatic hydroxyl groups is 1. The maximum absolute atomic E-state index is 9.37. The Kier molecular flexibility index (Phi) is 3.75. The fourth-order valence-corrected chi connectivity index (χ4v) is 2.14. The first kappa shape index (κ1) is 10.6. The first-order valence-corrected chi connectivity index (χ1v) is 5.71. The van der Waals surface area contributed by atoms with E-state index < -0.39 is 0 Å². The molecule has 0 unspecified atom stereocenters. The molecule has 2 rings (SSSR count). The molecule has 0 spiro atoms. The lowest BCUT2D eigenvalue weighted by Gasteiger charge is -2.25. The Bertz CT molecular complexity index is 265. The molecule has 15 heavy (non-hydrogen) atoms. The zero-order chi connectivity index (χ0) is 10.5. The molecule has 4 heteroatoms. The van der Waals surface area contributed by atoms with Gasteiger partial charge in [-0.15, -0.1) is 0 Å². The molecule has 0 amide bonds. The number of aromatic nitrogens is 2. The lowest BCUT2D eigenvalue weighted by Crippen LogP contribution is -2.27. The summed E-state index contributed by atoms with van der Waals surface area (Å²) in [5.74, 6) is 1.72. The predicted octanol–water partition coefficient (Wildman–Crippen LogP) is 1.05. The quantitative estimate of drug-likeness (QED) is 0.694. The molecular weight excluding hydrogens is 190 g/mol. The van der Waals surface area contributed by atoms with Crippen LogP contribution in [0.5, 0.6) is 0 Å². The van der Waals surface area contributed by atoms with E-state index in [2.05, 4.69) is 15.3 Å². The molecule has 3 N–H and O–H groups in total. The Hall–Kier alpha value is -0.870. The Morgan fingerprint density at radius 2 is 2.20 bits per heavy atom. The van der Waals surface area contributed by atoms with Crippen LogP contribution in [0.1, 0.15) is 31.5 Å². The van der Waals surface area contributed by atoms with Gasteiger partial charge in [0.15, 0.2) is 0 Å². The van der Waals surface area contributed by atoms with E-state index >= 15 is 0 Å². The first-order chi connectivity index (χ1) is 7.34. The molecular formula is C11H19N3O. The molecule has 1 aliphatic carbocycles. The second-order valence-corrected chi connectivity index (χ2v) is 4.34. The second-order valence-electron chi connectivity index (χ2n) is 4.34. The Morgan fingerprint density at radius 1 is 1.40 bits per heavy atom. The lowest BCUT2D eigenvalue weighted by molar-refractivity contribution is 0.108. The van der Waals surface area contributed by atoms with Crippen molar-refractivity contribution < 1.29 is 5.11 Å². The molecule has 0 atom stereocenters. The van der Waals surface area contributed by atoms with Gasteiger partial charge in [-0.05, 0) is 38.1 Å². The summed E-state index contributed by atoms with van der Waals surface area (Å²) in [7, 11) is 0. The van der Waals surface area contributed by atoms with Crippen molar-refractivity contribution in [3.05, 3.63) is 18.2 Å². The average molecular weight is 209 g/mol. The topological polar surface area (TPSA) is 60.9 Å². The van der Waals surface area contributed by atoms with Crippen molar-refractivity contribution in [3.63, 3.8) is 0 Å². The molecule has 1 aromatic rings. The van der Waals surface area contributed by atoms with E-state index in [0.717, 1.165) is 50.5 Å². The van der Waals surface area contributed by atoms with Gasteiger partial charge in [0.2, 0.25) is 0 Å². The minimum atomic E-state index is -0.0497. The summed E-state index contributed by atoms with van der Waals surface area (Å²) in [6.07, 6.45) is 7.78. The minimum Gasteiger partial charge on any atom is -0.393 e. The number of nitrogens with one attached hydrogen (secondary N) is 2. The SMILES string of the molecule is OC1CCC(CNCc2ncc[nH]2)CC1. The number of hydrogen-bond donors (Lipinski definition) is 3. The first-order valence-electron chi connectivity index (χ1n) is 5.71. The molecule has 0 saturated heterocycles. The highest BCUT2D eigenvalue weighted by Gasteiger charge is 2.18. The second kappa shape index (κ2) is 5.28. The molecule has 0 bridgehead atoms. The number of nitrogens with zero attached hydrogens (tertiary/aromatic N) is 1. The standard InChI is InChI=1S/C11H19N3O/c15-10-3-1-9(2-4-10)7-12-8-11-13-5-6-14-11/h5-6,9-10,12,15H,1-4,7-8H2,(H,13,14). The van der Waals surface area contributed by atoms with Gasteiger partial charge in [0.1, 0.15) is 5.82 Å². The number of rotatable bonds is 4. The molecule has 1 aliphatic rings. The van der Waals surface area contributed by atoms with Crippen LogP contribution in [-0.4, -0.2) is 27.7 Å².